The highest BCUT2D eigenvalue weighted by Crippen LogP contribution is 2.24. The molecule has 1 fully saturated rings. The number of carbonyl (C=O) groups is 2. The maximum absolute atomic E-state index is 11.8. The van der Waals surface area contributed by atoms with Crippen molar-refractivity contribution in [1.29, 1.82) is 0 Å². The average molecular weight is 242 g/mol. The summed E-state index contributed by atoms with van der Waals surface area (Å²) in [6, 6.07) is -0.694. The van der Waals surface area contributed by atoms with Gasteiger partial charge in [-0.1, -0.05) is 6.42 Å². The number of primary amides is 1. The molecule has 0 aliphatic carbocycles. The number of hydrogen-bond donors (Lipinski definition) is 3. The number of likely N-dealkylation sites (tertiary alicyclic amines) is 1. The lowest BCUT2D eigenvalue weighted by Crippen LogP contribution is -2.58. The second-order valence-electron chi connectivity index (χ2n) is 4.65. The molecule has 3 unspecified atom stereocenters. The number of nitrogens with one attached hydrogen (secondary N) is 1. The van der Waals surface area contributed by atoms with Crippen LogP contribution in [0.1, 0.15) is 33.1 Å². The Morgan fingerprint density at radius 3 is 2.65 bits per heavy atom. The number of urea groups is 1. The van der Waals surface area contributed by atoms with Gasteiger partial charge >= 0.3 is 6.03 Å². The molecular formula is C11H22N4O2. The Bertz CT molecular complexity index is 295. The van der Waals surface area contributed by atoms with E-state index in [-0.39, 0.29) is 18.0 Å². The highest BCUT2D eigenvalue weighted by molar-refractivity contribution is 5.96. The lowest BCUT2D eigenvalue weighted by atomic mass is 9.94. The second-order valence-corrected chi connectivity index (χ2v) is 4.65. The highest BCUT2D eigenvalue weighted by Gasteiger charge is 2.34. The predicted molar refractivity (Wildman–Crippen MR) is 65.2 cm³/mol. The van der Waals surface area contributed by atoms with Crippen LogP contribution in [-0.2, 0) is 4.79 Å². The number of nitrogens with zero attached hydrogens (tertiary/aromatic N) is 1. The number of amides is 3. The van der Waals surface area contributed by atoms with E-state index in [0.717, 1.165) is 19.3 Å². The molecule has 0 aromatic heterocycles. The Kier molecular flexibility index (Phi) is 4.89. The van der Waals surface area contributed by atoms with Crippen molar-refractivity contribution in [2.75, 3.05) is 6.54 Å². The SMILES string of the molecule is CC1CCCC(CN)N1C(C)C(=O)NC(N)=O. The molecule has 1 saturated heterocycles. The molecule has 0 saturated carbocycles. The van der Waals surface area contributed by atoms with Crippen molar-refractivity contribution in [3.8, 4) is 0 Å². The van der Waals surface area contributed by atoms with Gasteiger partial charge in [-0.2, -0.15) is 0 Å². The Labute approximate surface area is 102 Å². The fourth-order valence-electron chi connectivity index (χ4n) is 2.61. The third-order valence-corrected chi connectivity index (χ3v) is 3.43. The molecule has 0 aromatic carbocycles. The first kappa shape index (κ1) is 13.9. The predicted octanol–water partition coefficient (Wildman–Crippen LogP) is -0.228. The molecule has 5 N–H and O–H groups in total. The van der Waals surface area contributed by atoms with Gasteiger partial charge in [0, 0.05) is 18.6 Å². The summed E-state index contributed by atoms with van der Waals surface area (Å²) in [5, 5.41) is 2.12. The first-order valence-corrected chi connectivity index (χ1v) is 6.05. The zero-order valence-electron chi connectivity index (χ0n) is 10.5. The molecule has 1 aliphatic rings. The maximum atomic E-state index is 11.8. The van der Waals surface area contributed by atoms with Crippen LogP contribution in [0, 0.1) is 0 Å². The van der Waals surface area contributed by atoms with Crippen LogP contribution in [0.15, 0.2) is 0 Å². The van der Waals surface area contributed by atoms with E-state index >= 15 is 0 Å². The van der Waals surface area contributed by atoms with Gasteiger partial charge in [-0.05, 0) is 26.7 Å². The van der Waals surface area contributed by atoms with E-state index in [0.29, 0.717) is 12.6 Å². The fourth-order valence-corrected chi connectivity index (χ4v) is 2.61. The lowest BCUT2D eigenvalue weighted by Gasteiger charge is -2.43. The van der Waals surface area contributed by atoms with Crippen LogP contribution < -0.4 is 16.8 Å². The van der Waals surface area contributed by atoms with Gasteiger partial charge in [0.05, 0.1) is 6.04 Å². The molecule has 6 heteroatoms. The van der Waals surface area contributed by atoms with Crippen molar-refractivity contribution in [3.05, 3.63) is 0 Å². The summed E-state index contributed by atoms with van der Waals surface area (Å²) in [6.45, 7) is 4.39. The van der Waals surface area contributed by atoms with E-state index in [1.54, 1.807) is 6.92 Å². The smallest absolute Gasteiger partial charge is 0.318 e. The molecule has 0 radical (unpaired) electrons. The Balaban J connectivity index is 2.72. The van der Waals surface area contributed by atoms with Crippen LogP contribution >= 0.6 is 0 Å². The monoisotopic (exact) mass is 242 g/mol. The van der Waals surface area contributed by atoms with Crippen molar-refractivity contribution in [2.45, 2.75) is 51.2 Å². The first-order chi connectivity index (χ1) is 7.97. The van der Waals surface area contributed by atoms with Gasteiger partial charge in [-0.25, -0.2) is 4.79 Å². The minimum atomic E-state index is -0.809. The normalized spacial score (nSPS) is 27.5. The number of hydrogen-bond acceptors (Lipinski definition) is 4. The van der Waals surface area contributed by atoms with Gasteiger partial charge in [0.25, 0.3) is 0 Å². The van der Waals surface area contributed by atoms with E-state index in [2.05, 4.69) is 17.1 Å². The Morgan fingerprint density at radius 2 is 2.12 bits per heavy atom. The van der Waals surface area contributed by atoms with Crippen LogP contribution in [0.25, 0.3) is 0 Å². The number of rotatable bonds is 3. The van der Waals surface area contributed by atoms with E-state index in [1.807, 2.05) is 0 Å². The summed E-state index contributed by atoms with van der Waals surface area (Å²) >= 11 is 0. The van der Waals surface area contributed by atoms with Gasteiger partial charge in [0.1, 0.15) is 0 Å². The molecule has 1 rings (SSSR count). The van der Waals surface area contributed by atoms with Gasteiger partial charge in [-0.3, -0.25) is 15.0 Å². The third-order valence-electron chi connectivity index (χ3n) is 3.43. The van der Waals surface area contributed by atoms with Crippen molar-refractivity contribution in [2.24, 2.45) is 11.5 Å². The summed E-state index contributed by atoms with van der Waals surface area (Å²) in [4.78, 5) is 24.5. The zero-order valence-corrected chi connectivity index (χ0v) is 10.5. The van der Waals surface area contributed by atoms with Crippen LogP contribution in [0.2, 0.25) is 0 Å². The molecule has 3 atom stereocenters. The number of carbonyl (C=O) groups excluding carboxylic acids is 2. The number of imide groups is 1. The van der Waals surface area contributed by atoms with E-state index in [1.165, 1.54) is 0 Å². The molecule has 3 amide bonds. The first-order valence-electron chi connectivity index (χ1n) is 6.05. The van der Waals surface area contributed by atoms with Crippen LogP contribution in [0.3, 0.4) is 0 Å². The molecule has 0 aromatic rings. The summed E-state index contributed by atoms with van der Waals surface area (Å²) in [7, 11) is 0. The number of nitrogens with two attached hydrogens (primary N) is 2. The van der Waals surface area contributed by atoms with Crippen molar-refractivity contribution in [3.63, 3.8) is 0 Å². The standard InChI is InChI=1S/C11H22N4O2/c1-7-4-3-5-9(6-12)15(7)8(2)10(16)14-11(13)17/h7-9H,3-6,12H2,1-2H3,(H3,13,14,16,17). The summed E-state index contributed by atoms with van der Waals surface area (Å²) < 4.78 is 0. The minimum absolute atomic E-state index is 0.201. The summed E-state index contributed by atoms with van der Waals surface area (Å²) in [6.07, 6.45) is 3.17. The third kappa shape index (κ3) is 3.41. The molecule has 1 aliphatic heterocycles. The van der Waals surface area contributed by atoms with Gasteiger partial charge in [0.2, 0.25) is 5.91 Å². The lowest BCUT2D eigenvalue weighted by molar-refractivity contribution is -0.127. The number of piperidine rings is 1. The van der Waals surface area contributed by atoms with Crippen LogP contribution in [0.5, 0.6) is 0 Å². The Hall–Kier alpha value is -1.14. The maximum Gasteiger partial charge on any atom is 0.318 e. The van der Waals surface area contributed by atoms with Gasteiger partial charge in [0.15, 0.2) is 0 Å². The average Bonchev–Trinajstić information content (AvgIpc) is 2.26. The molecule has 17 heavy (non-hydrogen) atoms. The summed E-state index contributed by atoms with van der Waals surface area (Å²) in [5.74, 6) is -0.357. The summed E-state index contributed by atoms with van der Waals surface area (Å²) in [5.41, 5.74) is 10.7. The topological polar surface area (TPSA) is 101 Å². The molecule has 98 valence electrons. The molecule has 1 heterocycles. The largest absolute Gasteiger partial charge is 0.351 e. The fraction of sp³-hybridized carbons (Fsp3) is 0.818. The quantitative estimate of drug-likeness (QED) is 0.636. The van der Waals surface area contributed by atoms with Crippen molar-refractivity contribution >= 4 is 11.9 Å². The minimum Gasteiger partial charge on any atom is -0.351 e. The van der Waals surface area contributed by atoms with Crippen LogP contribution in [0.4, 0.5) is 4.79 Å². The van der Waals surface area contributed by atoms with E-state index in [4.69, 9.17) is 11.5 Å². The highest BCUT2D eigenvalue weighted by atomic mass is 16.2. The zero-order chi connectivity index (χ0) is 13.0. The second kappa shape index (κ2) is 5.97. The molecule has 0 bridgehead atoms. The van der Waals surface area contributed by atoms with Gasteiger partial charge < -0.3 is 11.5 Å². The van der Waals surface area contributed by atoms with E-state index < -0.39 is 6.03 Å². The van der Waals surface area contributed by atoms with Gasteiger partial charge in [-0.15, -0.1) is 0 Å². The van der Waals surface area contributed by atoms with Crippen molar-refractivity contribution in [1.82, 2.24) is 10.2 Å². The van der Waals surface area contributed by atoms with Crippen LogP contribution in [-0.4, -0.2) is 41.5 Å². The van der Waals surface area contributed by atoms with Crippen molar-refractivity contribution < 1.29 is 9.59 Å². The molecular weight excluding hydrogens is 220 g/mol. The Morgan fingerprint density at radius 1 is 1.47 bits per heavy atom. The molecule has 6 nitrogen and oxygen atoms in total. The molecule has 0 spiro atoms. The van der Waals surface area contributed by atoms with E-state index in [9.17, 15) is 9.59 Å².